The molecule has 0 aromatic rings. The first-order valence-corrected chi connectivity index (χ1v) is 5.61. The summed E-state index contributed by atoms with van der Waals surface area (Å²) in [5.41, 5.74) is 0.658. The van der Waals surface area contributed by atoms with Crippen molar-refractivity contribution in [3.05, 3.63) is 12.4 Å². The summed E-state index contributed by atoms with van der Waals surface area (Å²) in [4.78, 5) is 6.43. The molecule has 0 aromatic carbocycles. The highest BCUT2D eigenvalue weighted by molar-refractivity contribution is 7.74. The fourth-order valence-electron chi connectivity index (χ4n) is 1.28. The Labute approximate surface area is 85.5 Å². The van der Waals surface area contributed by atoms with Crippen molar-refractivity contribution in [3.63, 3.8) is 0 Å². The molecule has 0 unspecified atom stereocenters. The van der Waals surface area contributed by atoms with Crippen molar-refractivity contribution in [3.8, 4) is 0 Å². The van der Waals surface area contributed by atoms with Crippen molar-refractivity contribution >= 4 is 20.9 Å². The second-order valence-corrected chi connectivity index (χ2v) is 4.16. The molecule has 14 heavy (non-hydrogen) atoms. The van der Waals surface area contributed by atoms with Gasteiger partial charge in [0.05, 0.1) is 17.1 Å². The minimum Gasteiger partial charge on any atom is -0.373 e. The van der Waals surface area contributed by atoms with E-state index >= 15 is 0 Å². The van der Waals surface area contributed by atoms with Gasteiger partial charge in [-0.1, -0.05) is 13.3 Å². The van der Waals surface area contributed by atoms with Gasteiger partial charge in [0.25, 0.3) is 0 Å². The molecule has 0 saturated carbocycles. The normalized spacial score (nSPS) is 15.3. The van der Waals surface area contributed by atoms with E-state index in [0.29, 0.717) is 23.5 Å². The monoisotopic (exact) mass is 214 g/mol. The van der Waals surface area contributed by atoms with Gasteiger partial charge in [-0.25, -0.2) is 0 Å². The molecular formula is C9H14N2O2S. The molecule has 0 aromatic heterocycles. The summed E-state index contributed by atoms with van der Waals surface area (Å²) >= 11 is 0. The molecule has 78 valence electrons. The van der Waals surface area contributed by atoms with Gasteiger partial charge in [0.2, 0.25) is 10.3 Å². The van der Waals surface area contributed by atoms with Crippen LogP contribution in [-0.2, 0) is 10.3 Å². The third-order valence-electron chi connectivity index (χ3n) is 1.95. The van der Waals surface area contributed by atoms with Crippen LogP contribution in [0.4, 0.5) is 0 Å². The van der Waals surface area contributed by atoms with Gasteiger partial charge in [-0.15, -0.1) is 0 Å². The molecule has 0 N–H and O–H groups in total. The van der Waals surface area contributed by atoms with Gasteiger partial charge in [0, 0.05) is 19.4 Å². The van der Waals surface area contributed by atoms with Gasteiger partial charge in [0.15, 0.2) is 0 Å². The van der Waals surface area contributed by atoms with Crippen molar-refractivity contribution in [1.29, 1.82) is 0 Å². The van der Waals surface area contributed by atoms with Crippen LogP contribution in [-0.4, -0.2) is 37.5 Å². The first-order chi connectivity index (χ1) is 6.65. The van der Waals surface area contributed by atoms with Crippen LogP contribution in [0, 0.1) is 0 Å². The van der Waals surface area contributed by atoms with E-state index < -0.39 is 10.3 Å². The molecule has 5 heteroatoms. The van der Waals surface area contributed by atoms with E-state index in [1.807, 2.05) is 25.1 Å². The molecule has 0 radical (unpaired) electrons. The summed E-state index contributed by atoms with van der Waals surface area (Å²) in [7, 11) is -0.249. The summed E-state index contributed by atoms with van der Waals surface area (Å²) < 4.78 is 21.9. The molecule has 4 nitrogen and oxygen atoms in total. The lowest BCUT2D eigenvalue weighted by molar-refractivity contribution is 0.519. The fraction of sp³-hybridized carbons (Fsp3) is 0.556. The SMILES string of the molecule is CCCC(C1=NC=CN(C)C1)=S(=O)=O. The van der Waals surface area contributed by atoms with Crippen LogP contribution in [0.1, 0.15) is 19.8 Å². The van der Waals surface area contributed by atoms with Gasteiger partial charge >= 0.3 is 0 Å². The molecule has 1 aliphatic heterocycles. The molecule has 0 spiro atoms. The average Bonchev–Trinajstić information content (AvgIpc) is 2.13. The highest BCUT2D eigenvalue weighted by atomic mass is 32.2. The second-order valence-electron chi connectivity index (χ2n) is 3.20. The zero-order valence-corrected chi connectivity index (χ0v) is 9.21. The van der Waals surface area contributed by atoms with Crippen molar-refractivity contribution < 1.29 is 8.42 Å². The van der Waals surface area contributed by atoms with Crippen LogP contribution in [0.5, 0.6) is 0 Å². The van der Waals surface area contributed by atoms with Gasteiger partial charge < -0.3 is 4.90 Å². The maximum absolute atomic E-state index is 10.9. The van der Waals surface area contributed by atoms with E-state index in [2.05, 4.69) is 4.99 Å². The quantitative estimate of drug-likeness (QED) is 0.650. The lowest BCUT2D eigenvalue weighted by Gasteiger charge is -2.18. The van der Waals surface area contributed by atoms with E-state index in [-0.39, 0.29) is 0 Å². The Balaban J connectivity index is 2.97. The summed E-state index contributed by atoms with van der Waals surface area (Å²) in [5, 5.41) is 0. The zero-order valence-electron chi connectivity index (χ0n) is 8.40. The van der Waals surface area contributed by atoms with E-state index in [9.17, 15) is 8.42 Å². The van der Waals surface area contributed by atoms with Crippen LogP contribution >= 0.6 is 0 Å². The maximum atomic E-state index is 10.9. The smallest absolute Gasteiger partial charge is 0.219 e. The van der Waals surface area contributed by atoms with E-state index in [0.717, 1.165) is 6.42 Å². The van der Waals surface area contributed by atoms with Gasteiger partial charge in [0.1, 0.15) is 0 Å². The summed E-state index contributed by atoms with van der Waals surface area (Å²) in [6, 6.07) is 0. The lowest BCUT2D eigenvalue weighted by Crippen LogP contribution is -2.30. The van der Waals surface area contributed by atoms with E-state index in [1.165, 1.54) is 0 Å². The first kappa shape index (κ1) is 11.0. The summed E-state index contributed by atoms with van der Waals surface area (Å²) in [6.45, 7) is 2.52. The average molecular weight is 214 g/mol. The number of rotatable bonds is 3. The van der Waals surface area contributed by atoms with Crippen molar-refractivity contribution in [2.45, 2.75) is 19.8 Å². The van der Waals surface area contributed by atoms with Gasteiger partial charge in [-0.05, 0) is 6.42 Å². The van der Waals surface area contributed by atoms with Crippen LogP contribution in [0.2, 0.25) is 0 Å². The van der Waals surface area contributed by atoms with Crippen LogP contribution < -0.4 is 0 Å². The molecule has 0 aliphatic carbocycles. The maximum Gasteiger partial charge on any atom is 0.219 e. The number of hydrogen-bond donors (Lipinski definition) is 0. The molecule has 0 bridgehead atoms. The molecule has 0 fully saturated rings. The van der Waals surface area contributed by atoms with E-state index in [4.69, 9.17) is 0 Å². The summed E-state index contributed by atoms with van der Waals surface area (Å²) in [5.74, 6) is 0. The number of aliphatic imine (C=N–C) groups is 1. The Morgan fingerprint density at radius 1 is 1.64 bits per heavy atom. The predicted molar refractivity (Wildman–Crippen MR) is 58.0 cm³/mol. The van der Waals surface area contributed by atoms with Crippen LogP contribution in [0.15, 0.2) is 17.4 Å². The third-order valence-corrected chi connectivity index (χ3v) is 2.79. The second kappa shape index (κ2) is 4.95. The molecule has 1 rings (SSSR count). The minimum absolute atomic E-state index is 0.434. The standard InChI is InChI=1S/C9H14N2O2S/c1-3-4-9(14(12)13)8-7-11(2)6-5-10-8/h5-6H,3-4,7H2,1-2H3. The lowest BCUT2D eigenvalue weighted by atomic mass is 10.1. The largest absolute Gasteiger partial charge is 0.373 e. The Bertz CT molecular complexity index is 385. The first-order valence-electron chi connectivity index (χ1n) is 4.54. The topological polar surface area (TPSA) is 49.7 Å². The van der Waals surface area contributed by atoms with Crippen molar-refractivity contribution in [2.75, 3.05) is 13.6 Å². The van der Waals surface area contributed by atoms with Gasteiger partial charge in [-0.2, -0.15) is 8.42 Å². The molecule has 0 atom stereocenters. The molecular weight excluding hydrogens is 200 g/mol. The minimum atomic E-state index is -2.14. The Morgan fingerprint density at radius 3 is 2.86 bits per heavy atom. The molecule has 1 aliphatic rings. The molecule has 0 saturated heterocycles. The van der Waals surface area contributed by atoms with E-state index in [1.54, 1.807) is 6.20 Å². The Morgan fingerprint density at radius 2 is 2.36 bits per heavy atom. The number of hydrogen-bond acceptors (Lipinski definition) is 4. The van der Waals surface area contributed by atoms with Gasteiger partial charge in [-0.3, -0.25) is 4.99 Å². The third kappa shape index (κ3) is 2.70. The number of nitrogens with zero attached hydrogens (tertiary/aromatic N) is 2. The Hall–Kier alpha value is -1.10. The van der Waals surface area contributed by atoms with Crippen LogP contribution in [0.25, 0.3) is 0 Å². The molecule has 1 heterocycles. The van der Waals surface area contributed by atoms with Crippen LogP contribution in [0.3, 0.4) is 0 Å². The van der Waals surface area contributed by atoms with Crippen molar-refractivity contribution in [2.24, 2.45) is 4.99 Å². The fourth-order valence-corrected chi connectivity index (χ4v) is 1.96. The predicted octanol–water partition coefficient (Wildman–Crippen LogP) is 0.696. The van der Waals surface area contributed by atoms with Crippen molar-refractivity contribution in [1.82, 2.24) is 4.90 Å². The zero-order chi connectivity index (χ0) is 10.6. The summed E-state index contributed by atoms with van der Waals surface area (Å²) in [6.07, 6.45) is 4.83. The highest BCUT2D eigenvalue weighted by Crippen LogP contribution is 2.02. The Kier molecular flexibility index (Phi) is 3.88. The highest BCUT2D eigenvalue weighted by Gasteiger charge is 2.13. The molecule has 0 amide bonds.